The zero-order chi connectivity index (χ0) is 18.2. The van der Waals surface area contributed by atoms with Gasteiger partial charge in [0.2, 0.25) is 5.91 Å². The number of nitrogens with one attached hydrogen (secondary N) is 2. The molecule has 6 heteroatoms. The van der Waals surface area contributed by atoms with Crippen molar-refractivity contribution < 1.29 is 19.1 Å². The lowest BCUT2D eigenvalue weighted by molar-refractivity contribution is -0.138. The van der Waals surface area contributed by atoms with Gasteiger partial charge >= 0.3 is 0 Å². The molecule has 1 aliphatic rings. The molecule has 138 valence electrons. The van der Waals surface area contributed by atoms with Crippen LogP contribution in [0.1, 0.15) is 42.6 Å². The first-order chi connectivity index (χ1) is 12.0. The lowest BCUT2D eigenvalue weighted by Gasteiger charge is -2.22. The molecule has 1 aromatic carbocycles. The third kappa shape index (κ3) is 5.83. The normalized spacial score (nSPS) is 18.2. The number of hydrogen-bond acceptors (Lipinski definition) is 4. The first-order valence-electron chi connectivity index (χ1n) is 8.83. The SMILES string of the molecule is CNC(=O)c1cccc(CNC(=O)[C@@H](OC[C@@H]2CCCO2)C(C)C)c1. The quantitative estimate of drug-likeness (QED) is 0.752. The standard InChI is InChI=1S/C19H28N2O4/c1-13(2)17(25-12-16-8-5-9-24-16)19(23)21-11-14-6-4-7-15(10-14)18(22)20-3/h4,6-7,10,13,16-17H,5,8-9,11-12H2,1-3H3,(H,20,22)(H,21,23)/t16-,17-/m0/s1. The number of amides is 2. The highest BCUT2D eigenvalue weighted by molar-refractivity contribution is 5.94. The Morgan fingerprint density at radius 1 is 1.36 bits per heavy atom. The van der Waals surface area contributed by atoms with E-state index in [-0.39, 0.29) is 23.8 Å². The Labute approximate surface area is 149 Å². The molecule has 1 fully saturated rings. The lowest BCUT2D eigenvalue weighted by atomic mass is 10.1. The van der Waals surface area contributed by atoms with Gasteiger partial charge in [0, 0.05) is 25.8 Å². The molecule has 0 radical (unpaired) electrons. The fraction of sp³-hybridized carbons (Fsp3) is 0.579. The number of benzene rings is 1. The maximum Gasteiger partial charge on any atom is 0.251 e. The topological polar surface area (TPSA) is 76.7 Å². The molecule has 0 aliphatic carbocycles. The molecule has 0 unspecified atom stereocenters. The molecule has 1 aromatic rings. The van der Waals surface area contributed by atoms with Gasteiger partial charge in [0.1, 0.15) is 6.10 Å². The van der Waals surface area contributed by atoms with Crippen LogP contribution in [0, 0.1) is 5.92 Å². The number of hydrogen-bond donors (Lipinski definition) is 2. The maximum atomic E-state index is 12.5. The summed E-state index contributed by atoms with van der Waals surface area (Å²) in [5, 5.41) is 5.50. The van der Waals surface area contributed by atoms with E-state index < -0.39 is 6.10 Å². The molecule has 25 heavy (non-hydrogen) atoms. The highest BCUT2D eigenvalue weighted by atomic mass is 16.5. The molecule has 2 amide bonds. The van der Waals surface area contributed by atoms with E-state index in [2.05, 4.69) is 10.6 Å². The van der Waals surface area contributed by atoms with Crippen molar-refractivity contribution >= 4 is 11.8 Å². The van der Waals surface area contributed by atoms with Gasteiger partial charge in [0.15, 0.2) is 0 Å². The molecule has 2 rings (SSSR count). The molecule has 1 saturated heterocycles. The number of ether oxygens (including phenoxy) is 2. The van der Waals surface area contributed by atoms with Gasteiger partial charge in [-0.2, -0.15) is 0 Å². The van der Waals surface area contributed by atoms with Crippen LogP contribution in [0.25, 0.3) is 0 Å². The molecular formula is C19H28N2O4. The van der Waals surface area contributed by atoms with Crippen molar-refractivity contribution in [1.82, 2.24) is 10.6 Å². The van der Waals surface area contributed by atoms with E-state index in [1.807, 2.05) is 19.9 Å². The van der Waals surface area contributed by atoms with Crippen LogP contribution in [0.5, 0.6) is 0 Å². The maximum absolute atomic E-state index is 12.5. The second kappa shape index (κ2) is 9.53. The molecule has 0 aromatic heterocycles. The van der Waals surface area contributed by atoms with Gasteiger partial charge in [-0.15, -0.1) is 0 Å². The second-order valence-corrected chi connectivity index (χ2v) is 6.63. The molecule has 1 heterocycles. The third-order valence-electron chi connectivity index (χ3n) is 4.23. The molecule has 0 spiro atoms. The molecule has 0 bridgehead atoms. The summed E-state index contributed by atoms with van der Waals surface area (Å²) in [7, 11) is 1.59. The van der Waals surface area contributed by atoms with Gasteiger partial charge in [0.05, 0.1) is 12.7 Å². The van der Waals surface area contributed by atoms with Crippen molar-refractivity contribution in [2.24, 2.45) is 5.92 Å². The van der Waals surface area contributed by atoms with Crippen LogP contribution in [0.4, 0.5) is 0 Å². The van der Waals surface area contributed by atoms with Gasteiger partial charge in [-0.05, 0) is 36.5 Å². The average Bonchev–Trinajstić information content (AvgIpc) is 3.13. The minimum absolute atomic E-state index is 0.0682. The first-order valence-corrected chi connectivity index (χ1v) is 8.83. The average molecular weight is 348 g/mol. The van der Waals surface area contributed by atoms with Crippen LogP contribution in [0.3, 0.4) is 0 Å². The summed E-state index contributed by atoms with van der Waals surface area (Å²) in [5.41, 5.74) is 1.44. The minimum atomic E-state index is -0.508. The van der Waals surface area contributed by atoms with Crippen LogP contribution >= 0.6 is 0 Å². The van der Waals surface area contributed by atoms with Crippen molar-refractivity contribution in [2.45, 2.75) is 45.4 Å². The Balaban J connectivity index is 1.88. The van der Waals surface area contributed by atoms with E-state index in [9.17, 15) is 9.59 Å². The fourth-order valence-corrected chi connectivity index (χ4v) is 2.81. The van der Waals surface area contributed by atoms with Gasteiger partial charge in [-0.1, -0.05) is 26.0 Å². The van der Waals surface area contributed by atoms with Crippen molar-refractivity contribution in [2.75, 3.05) is 20.3 Å². The Kier molecular flexibility index (Phi) is 7.40. The fourth-order valence-electron chi connectivity index (χ4n) is 2.81. The lowest BCUT2D eigenvalue weighted by Crippen LogP contribution is -2.40. The number of carbonyl (C=O) groups is 2. The second-order valence-electron chi connectivity index (χ2n) is 6.63. The van der Waals surface area contributed by atoms with Crippen LogP contribution in [-0.4, -0.2) is 44.3 Å². The van der Waals surface area contributed by atoms with Crippen molar-refractivity contribution in [1.29, 1.82) is 0 Å². The zero-order valence-electron chi connectivity index (χ0n) is 15.2. The van der Waals surface area contributed by atoms with Crippen molar-refractivity contribution in [3.05, 3.63) is 35.4 Å². The van der Waals surface area contributed by atoms with Crippen molar-refractivity contribution in [3.8, 4) is 0 Å². The molecular weight excluding hydrogens is 320 g/mol. The minimum Gasteiger partial charge on any atom is -0.376 e. The van der Waals surface area contributed by atoms with Crippen LogP contribution in [-0.2, 0) is 20.8 Å². The van der Waals surface area contributed by atoms with Gasteiger partial charge in [0.25, 0.3) is 5.91 Å². The third-order valence-corrected chi connectivity index (χ3v) is 4.23. The largest absolute Gasteiger partial charge is 0.376 e. The molecule has 0 saturated carbocycles. The Hall–Kier alpha value is -1.92. The van der Waals surface area contributed by atoms with Crippen LogP contribution in [0.2, 0.25) is 0 Å². The Bertz CT molecular complexity index is 583. The van der Waals surface area contributed by atoms with E-state index in [0.29, 0.717) is 18.7 Å². The van der Waals surface area contributed by atoms with Crippen LogP contribution < -0.4 is 10.6 Å². The summed E-state index contributed by atoms with van der Waals surface area (Å²) < 4.78 is 11.4. The van der Waals surface area contributed by atoms with E-state index in [0.717, 1.165) is 25.0 Å². The van der Waals surface area contributed by atoms with E-state index in [1.165, 1.54) is 0 Å². The van der Waals surface area contributed by atoms with E-state index in [1.54, 1.807) is 25.2 Å². The molecule has 6 nitrogen and oxygen atoms in total. The zero-order valence-corrected chi connectivity index (χ0v) is 15.2. The summed E-state index contributed by atoms with van der Waals surface area (Å²) in [6.07, 6.45) is 1.62. The Morgan fingerprint density at radius 3 is 2.80 bits per heavy atom. The first kappa shape index (κ1) is 19.4. The van der Waals surface area contributed by atoms with Crippen molar-refractivity contribution in [3.63, 3.8) is 0 Å². The number of carbonyl (C=O) groups excluding carboxylic acids is 2. The summed E-state index contributed by atoms with van der Waals surface area (Å²) in [6, 6.07) is 7.20. The smallest absolute Gasteiger partial charge is 0.251 e. The van der Waals surface area contributed by atoms with Gasteiger partial charge < -0.3 is 20.1 Å². The predicted octanol–water partition coefficient (Wildman–Crippen LogP) is 1.88. The predicted molar refractivity (Wildman–Crippen MR) is 95.2 cm³/mol. The summed E-state index contributed by atoms with van der Waals surface area (Å²) in [6.45, 7) is 5.50. The summed E-state index contributed by atoms with van der Waals surface area (Å²) in [4.78, 5) is 24.2. The highest BCUT2D eigenvalue weighted by Gasteiger charge is 2.25. The molecule has 1 aliphatic heterocycles. The summed E-state index contributed by atoms with van der Waals surface area (Å²) in [5.74, 6) is -0.218. The monoisotopic (exact) mass is 348 g/mol. The van der Waals surface area contributed by atoms with E-state index in [4.69, 9.17) is 9.47 Å². The molecule has 2 atom stereocenters. The highest BCUT2D eigenvalue weighted by Crippen LogP contribution is 2.15. The van der Waals surface area contributed by atoms with Crippen LogP contribution in [0.15, 0.2) is 24.3 Å². The number of rotatable bonds is 8. The van der Waals surface area contributed by atoms with Gasteiger partial charge in [-0.25, -0.2) is 0 Å². The van der Waals surface area contributed by atoms with Gasteiger partial charge in [-0.3, -0.25) is 9.59 Å². The molecule has 2 N–H and O–H groups in total. The Morgan fingerprint density at radius 2 is 2.16 bits per heavy atom. The summed E-state index contributed by atoms with van der Waals surface area (Å²) >= 11 is 0. The van der Waals surface area contributed by atoms with E-state index >= 15 is 0 Å².